The molecule has 40 heavy (non-hydrogen) atoms. The molecule has 0 saturated heterocycles. The number of hydrogen-bond acceptors (Lipinski definition) is 8. The molecule has 0 spiro atoms. The highest BCUT2D eigenvalue weighted by Crippen LogP contribution is 2.19. The quantitative estimate of drug-likeness (QED) is 0.103. The summed E-state index contributed by atoms with van der Waals surface area (Å²) in [6.07, 6.45) is 3.36. The lowest BCUT2D eigenvalue weighted by Gasteiger charge is -2.24. The van der Waals surface area contributed by atoms with Gasteiger partial charge >= 0.3 is 11.9 Å². The van der Waals surface area contributed by atoms with Crippen molar-refractivity contribution in [1.82, 2.24) is 30.9 Å². The number of aliphatic carboxylic acids is 2. The van der Waals surface area contributed by atoms with E-state index in [1.807, 2.05) is 12.1 Å². The van der Waals surface area contributed by atoms with E-state index < -0.39 is 66.9 Å². The summed E-state index contributed by atoms with van der Waals surface area (Å²) in [7, 11) is 0. The van der Waals surface area contributed by atoms with Crippen LogP contribution >= 0.6 is 0 Å². The van der Waals surface area contributed by atoms with Crippen molar-refractivity contribution in [3.05, 3.63) is 54.2 Å². The highest BCUT2D eigenvalue weighted by atomic mass is 16.4. The summed E-state index contributed by atoms with van der Waals surface area (Å²) in [5.74, 6) is -5.18. The van der Waals surface area contributed by atoms with Crippen LogP contribution in [0.1, 0.15) is 24.1 Å². The van der Waals surface area contributed by atoms with Crippen LogP contribution in [0.15, 0.2) is 43.0 Å². The smallest absolute Gasteiger partial charge is 0.326 e. The van der Waals surface area contributed by atoms with Gasteiger partial charge in [0.05, 0.1) is 12.9 Å². The molecule has 0 radical (unpaired) electrons. The van der Waals surface area contributed by atoms with Crippen LogP contribution < -0.4 is 21.7 Å². The van der Waals surface area contributed by atoms with E-state index in [-0.39, 0.29) is 19.3 Å². The highest BCUT2D eigenvalue weighted by molar-refractivity contribution is 5.94. The topological polar surface area (TPSA) is 253 Å². The number of benzene rings is 1. The Hall–Kier alpha value is -4.76. The largest absolute Gasteiger partial charge is 0.481 e. The molecule has 10 N–H and O–H groups in total. The van der Waals surface area contributed by atoms with E-state index in [0.29, 0.717) is 11.3 Å². The fourth-order valence-corrected chi connectivity index (χ4v) is 3.99. The van der Waals surface area contributed by atoms with E-state index in [1.54, 1.807) is 18.3 Å². The third kappa shape index (κ3) is 8.12. The lowest BCUT2D eigenvalue weighted by Crippen LogP contribution is -2.58. The first-order chi connectivity index (χ1) is 19.1. The Bertz CT molecular complexity index is 1340. The Kier molecular flexibility index (Phi) is 10.3. The number of nitrogens with two attached hydrogens (primary N) is 1. The van der Waals surface area contributed by atoms with Crippen molar-refractivity contribution in [3.63, 3.8) is 0 Å². The summed E-state index contributed by atoms with van der Waals surface area (Å²) in [6.45, 7) is -0.680. The number of aliphatic hydroxyl groups excluding tert-OH is 1. The lowest BCUT2D eigenvalue weighted by molar-refractivity contribution is -0.143. The second-order valence-electron chi connectivity index (χ2n) is 9.09. The van der Waals surface area contributed by atoms with Gasteiger partial charge in [0.25, 0.3) is 0 Å². The molecule has 0 saturated carbocycles. The van der Waals surface area contributed by atoms with Crippen molar-refractivity contribution in [2.45, 2.75) is 49.9 Å². The van der Waals surface area contributed by atoms with Crippen LogP contribution in [-0.4, -0.2) is 90.7 Å². The molecule has 3 amide bonds. The van der Waals surface area contributed by atoms with Gasteiger partial charge in [0.1, 0.15) is 24.2 Å². The van der Waals surface area contributed by atoms with Crippen LogP contribution in [0.3, 0.4) is 0 Å². The van der Waals surface area contributed by atoms with Crippen molar-refractivity contribution in [1.29, 1.82) is 0 Å². The summed E-state index contributed by atoms with van der Waals surface area (Å²) in [5.41, 5.74) is 7.41. The monoisotopic (exact) mass is 557 g/mol. The minimum absolute atomic E-state index is 0.0811. The first-order valence-corrected chi connectivity index (χ1v) is 12.3. The van der Waals surface area contributed by atoms with Crippen molar-refractivity contribution in [2.75, 3.05) is 6.61 Å². The normalized spacial score (nSPS) is 14.1. The van der Waals surface area contributed by atoms with Gasteiger partial charge < -0.3 is 47.0 Å². The highest BCUT2D eigenvalue weighted by Gasteiger charge is 2.31. The van der Waals surface area contributed by atoms with Gasteiger partial charge in [0.2, 0.25) is 17.7 Å². The standard InChI is InChI=1S/C25H31N7O8/c26-16(11-33)22(36)31-19(8-14-10-27-12-29-14)24(38)30-18(5-6-21(34)35)23(37)32-20(25(39)40)7-13-9-28-17-4-2-1-3-15(13)17/h1-4,9-10,12,16,18-20,28,33H,5-8,11,26H2,(H,27,29)(H,30,38)(H,31,36)(H,32,37)(H,34,35)(H,39,40). The van der Waals surface area contributed by atoms with Crippen molar-refractivity contribution in [3.8, 4) is 0 Å². The minimum atomic E-state index is -1.44. The van der Waals surface area contributed by atoms with Crippen LogP contribution in [0, 0.1) is 0 Å². The fraction of sp³-hybridized carbons (Fsp3) is 0.360. The number of rotatable bonds is 15. The van der Waals surface area contributed by atoms with Gasteiger partial charge in [-0.05, 0) is 18.1 Å². The molecule has 0 fully saturated rings. The molecule has 214 valence electrons. The third-order valence-electron chi connectivity index (χ3n) is 6.14. The van der Waals surface area contributed by atoms with Gasteiger partial charge in [0, 0.05) is 48.3 Å². The van der Waals surface area contributed by atoms with Gasteiger partial charge in [-0.2, -0.15) is 0 Å². The average molecular weight is 558 g/mol. The summed E-state index contributed by atoms with van der Waals surface area (Å²) < 4.78 is 0. The van der Waals surface area contributed by atoms with E-state index in [4.69, 9.17) is 10.8 Å². The molecule has 4 atom stereocenters. The summed E-state index contributed by atoms with van der Waals surface area (Å²) in [5, 5.41) is 36.1. The first kappa shape index (κ1) is 29.8. The van der Waals surface area contributed by atoms with Crippen LogP contribution in [0.25, 0.3) is 10.9 Å². The zero-order valence-electron chi connectivity index (χ0n) is 21.3. The number of carboxylic acids is 2. The molecule has 0 bridgehead atoms. The molecular formula is C25H31N7O8. The van der Waals surface area contributed by atoms with Gasteiger partial charge in [-0.25, -0.2) is 9.78 Å². The lowest BCUT2D eigenvalue weighted by atomic mass is 10.0. The number of fused-ring (bicyclic) bond motifs is 1. The fourth-order valence-electron chi connectivity index (χ4n) is 3.99. The molecule has 2 aromatic heterocycles. The Balaban J connectivity index is 1.77. The molecule has 0 aliphatic heterocycles. The SMILES string of the molecule is NC(CO)C(=O)NC(Cc1cnc[nH]1)C(=O)NC(CCC(=O)O)C(=O)NC(Cc1c[nH]c2ccccc12)C(=O)O. The molecule has 15 nitrogen and oxygen atoms in total. The number of amides is 3. The number of carboxylic acid groups (broad SMARTS) is 2. The van der Waals surface area contributed by atoms with Gasteiger partial charge in [-0.1, -0.05) is 18.2 Å². The molecule has 4 unspecified atom stereocenters. The van der Waals surface area contributed by atoms with E-state index in [0.717, 1.165) is 10.9 Å². The number of carbonyl (C=O) groups is 5. The van der Waals surface area contributed by atoms with Crippen LogP contribution in [0.4, 0.5) is 0 Å². The van der Waals surface area contributed by atoms with E-state index >= 15 is 0 Å². The van der Waals surface area contributed by atoms with Gasteiger partial charge in [-0.3, -0.25) is 19.2 Å². The van der Waals surface area contributed by atoms with Crippen molar-refractivity contribution >= 4 is 40.6 Å². The number of para-hydroxylation sites is 1. The number of aromatic nitrogens is 3. The minimum Gasteiger partial charge on any atom is -0.481 e. The third-order valence-corrected chi connectivity index (χ3v) is 6.14. The Morgan fingerprint density at radius 1 is 0.900 bits per heavy atom. The zero-order chi connectivity index (χ0) is 29.2. The van der Waals surface area contributed by atoms with Crippen LogP contribution in [0.5, 0.6) is 0 Å². The molecular weight excluding hydrogens is 526 g/mol. The molecule has 2 heterocycles. The predicted molar refractivity (Wildman–Crippen MR) is 140 cm³/mol. The number of carbonyl (C=O) groups excluding carboxylic acids is 3. The molecule has 15 heteroatoms. The maximum Gasteiger partial charge on any atom is 0.326 e. The number of aliphatic hydroxyl groups is 1. The number of H-pyrrole nitrogens is 2. The molecule has 3 rings (SSSR count). The van der Waals surface area contributed by atoms with E-state index in [1.165, 1.54) is 12.5 Å². The molecule has 1 aromatic carbocycles. The summed E-state index contributed by atoms with van der Waals surface area (Å²) in [4.78, 5) is 71.5. The Morgan fingerprint density at radius 2 is 1.57 bits per heavy atom. The van der Waals surface area contributed by atoms with Gasteiger partial charge in [-0.15, -0.1) is 0 Å². The Morgan fingerprint density at radius 3 is 2.23 bits per heavy atom. The summed E-state index contributed by atoms with van der Waals surface area (Å²) in [6, 6.07) is 1.79. The number of imidazole rings is 1. The predicted octanol–water partition coefficient (Wildman–Crippen LogP) is -1.60. The van der Waals surface area contributed by atoms with Crippen molar-refractivity contribution < 1.29 is 39.3 Å². The summed E-state index contributed by atoms with van der Waals surface area (Å²) >= 11 is 0. The number of hydrogen-bond donors (Lipinski definition) is 9. The molecule has 0 aliphatic rings. The Labute approximate surface area is 227 Å². The second kappa shape index (κ2) is 13.9. The zero-order valence-corrected chi connectivity index (χ0v) is 21.3. The number of aromatic amines is 2. The second-order valence-corrected chi connectivity index (χ2v) is 9.09. The molecule has 0 aliphatic carbocycles. The number of nitrogens with one attached hydrogen (secondary N) is 5. The van der Waals surface area contributed by atoms with Crippen molar-refractivity contribution in [2.24, 2.45) is 5.73 Å². The number of nitrogens with zero attached hydrogens (tertiary/aromatic N) is 1. The van der Waals surface area contributed by atoms with Crippen LogP contribution in [0.2, 0.25) is 0 Å². The van der Waals surface area contributed by atoms with Crippen LogP contribution in [-0.2, 0) is 36.8 Å². The van der Waals surface area contributed by atoms with E-state index in [9.17, 15) is 34.2 Å². The van der Waals surface area contributed by atoms with E-state index in [2.05, 4.69) is 30.9 Å². The average Bonchev–Trinajstić information content (AvgIpc) is 3.59. The molecule has 3 aromatic rings. The first-order valence-electron chi connectivity index (χ1n) is 12.3. The van der Waals surface area contributed by atoms with Gasteiger partial charge in [0.15, 0.2) is 0 Å². The maximum atomic E-state index is 13.2. The maximum absolute atomic E-state index is 13.2.